The lowest BCUT2D eigenvalue weighted by Crippen LogP contribution is -2.24. The molecule has 1 saturated carbocycles. The molecule has 0 radical (unpaired) electrons. The zero-order valence-corrected chi connectivity index (χ0v) is 16.4. The van der Waals surface area contributed by atoms with E-state index in [0.29, 0.717) is 18.6 Å². The van der Waals surface area contributed by atoms with Gasteiger partial charge in [-0.05, 0) is 25.0 Å². The molecule has 2 rings (SSSR count). The summed E-state index contributed by atoms with van der Waals surface area (Å²) in [7, 11) is 0. The van der Waals surface area contributed by atoms with Crippen LogP contribution in [0.3, 0.4) is 0 Å². The largest absolute Gasteiger partial charge is 0.491 e. The minimum Gasteiger partial charge on any atom is -0.491 e. The molecule has 1 aliphatic carbocycles. The standard InChI is InChI=1S/C22H30O7/c23-15(6-4-5-9-22(27)28)12-19-18(20(25)13-21(19)26)11-10-16(24)14-29-17-7-2-1-3-8-17/h1-3,7-8,10-11,16,18-21,24-26H,4-6,9,12-14H2,(H,27,28)/b11-10+/t16-,18-,19-,20-,21+/m1/s1. The minimum atomic E-state index is -0.883. The molecule has 160 valence electrons. The van der Waals surface area contributed by atoms with Crippen molar-refractivity contribution >= 4 is 11.8 Å². The summed E-state index contributed by atoms with van der Waals surface area (Å²) in [5.74, 6) is -1.15. The second-order valence-corrected chi connectivity index (χ2v) is 7.53. The summed E-state index contributed by atoms with van der Waals surface area (Å²) in [5.41, 5.74) is 0. The van der Waals surface area contributed by atoms with Gasteiger partial charge >= 0.3 is 5.97 Å². The predicted octanol–water partition coefficient (Wildman–Crippen LogP) is 1.94. The topological polar surface area (TPSA) is 124 Å². The molecule has 0 spiro atoms. The van der Waals surface area contributed by atoms with E-state index >= 15 is 0 Å². The lowest BCUT2D eigenvalue weighted by Gasteiger charge is -2.20. The van der Waals surface area contributed by atoms with Gasteiger partial charge in [0.2, 0.25) is 0 Å². The van der Waals surface area contributed by atoms with Crippen LogP contribution in [-0.2, 0) is 9.59 Å². The molecule has 0 bridgehead atoms. The molecule has 1 aliphatic rings. The zero-order chi connectivity index (χ0) is 21.2. The first-order valence-electron chi connectivity index (χ1n) is 10.0. The van der Waals surface area contributed by atoms with Gasteiger partial charge in [0.15, 0.2) is 0 Å². The first-order chi connectivity index (χ1) is 13.9. The lowest BCUT2D eigenvalue weighted by atomic mass is 9.87. The predicted molar refractivity (Wildman–Crippen MR) is 106 cm³/mol. The SMILES string of the molecule is O=C(O)CCCCC(=O)C[C@@H]1[C@@H](/C=C/[C@@H](O)COc2ccccc2)[C@H](O)C[C@@H]1O. The zero-order valence-electron chi connectivity index (χ0n) is 16.4. The summed E-state index contributed by atoms with van der Waals surface area (Å²) in [6.07, 6.45) is 2.26. The second-order valence-electron chi connectivity index (χ2n) is 7.53. The summed E-state index contributed by atoms with van der Waals surface area (Å²) in [6.45, 7) is 0.0546. The number of carboxylic acids is 1. The summed E-state index contributed by atoms with van der Waals surface area (Å²) < 4.78 is 5.49. The number of carboxylic acid groups (broad SMARTS) is 1. The van der Waals surface area contributed by atoms with Gasteiger partial charge in [0.1, 0.15) is 24.2 Å². The highest BCUT2D eigenvalue weighted by atomic mass is 16.5. The number of aliphatic hydroxyl groups excluding tert-OH is 3. The number of ketones is 1. The van der Waals surface area contributed by atoms with E-state index in [2.05, 4.69) is 0 Å². The van der Waals surface area contributed by atoms with Gasteiger partial charge in [-0.25, -0.2) is 0 Å². The number of aliphatic hydroxyl groups is 3. The summed E-state index contributed by atoms with van der Waals surface area (Å²) in [4.78, 5) is 22.7. The third kappa shape index (κ3) is 7.97. The maximum atomic E-state index is 12.2. The molecule has 0 unspecified atom stereocenters. The highest BCUT2D eigenvalue weighted by Gasteiger charge is 2.41. The second kappa shape index (κ2) is 11.7. The fourth-order valence-electron chi connectivity index (χ4n) is 3.64. The first kappa shape index (κ1) is 23.1. The van der Waals surface area contributed by atoms with Gasteiger partial charge in [0.25, 0.3) is 0 Å². The average molecular weight is 406 g/mol. The molecular formula is C22H30O7. The fraction of sp³-hybridized carbons (Fsp3) is 0.545. The normalized spacial score (nSPS) is 25.2. The number of aliphatic carboxylic acids is 1. The van der Waals surface area contributed by atoms with Gasteiger partial charge in [-0.15, -0.1) is 0 Å². The molecule has 5 atom stereocenters. The number of hydrogen-bond acceptors (Lipinski definition) is 6. The van der Waals surface area contributed by atoms with Crippen molar-refractivity contribution in [3.8, 4) is 5.75 Å². The number of rotatable bonds is 12. The third-order valence-corrected chi connectivity index (χ3v) is 5.19. The van der Waals surface area contributed by atoms with Crippen LogP contribution in [0.15, 0.2) is 42.5 Å². The van der Waals surface area contributed by atoms with Crippen LogP contribution < -0.4 is 4.74 Å². The van der Waals surface area contributed by atoms with E-state index in [1.807, 2.05) is 18.2 Å². The Morgan fingerprint density at radius 2 is 1.79 bits per heavy atom. The number of carbonyl (C=O) groups excluding carboxylic acids is 1. The Labute approximate surface area is 170 Å². The number of ether oxygens (including phenoxy) is 1. The van der Waals surface area contributed by atoms with Crippen molar-refractivity contribution in [1.82, 2.24) is 0 Å². The number of unbranched alkanes of at least 4 members (excludes halogenated alkanes) is 1. The number of para-hydroxylation sites is 1. The molecule has 4 N–H and O–H groups in total. The van der Waals surface area contributed by atoms with Crippen molar-refractivity contribution < 1.29 is 34.8 Å². The lowest BCUT2D eigenvalue weighted by molar-refractivity contribution is -0.137. The highest BCUT2D eigenvalue weighted by molar-refractivity contribution is 5.78. The van der Waals surface area contributed by atoms with E-state index in [-0.39, 0.29) is 38.1 Å². The first-order valence-corrected chi connectivity index (χ1v) is 10.0. The van der Waals surface area contributed by atoms with E-state index in [1.54, 1.807) is 18.2 Å². The Hall–Kier alpha value is -2.22. The van der Waals surface area contributed by atoms with Crippen LogP contribution in [-0.4, -0.2) is 57.1 Å². The molecule has 0 amide bonds. The average Bonchev–Trinajstić information content (AvgIpc) is 2.95. The Kier molecular flexibility index (Phi) is 9.31. The molecule has 1 aromatic rings. The summed E-state index contributed by atoms with van der Waals surface area (Å²) in [6, 6.07) is 9.09. The number of benzene rings is 1. The van der Waals surface area contributed by atoms with E-state index < -0.39 is 36.1 Å². The molecule has 1 aromatic carbocycles. The van der Waals surface area contributed by atoms with Gasteiger partial charge in [-0.2, -0.15) is 0 Å². The van der Waals surface area contributed by atoms with Crippen LogP contribution in [0.5, 0.6) is 5.75 Å². The molecule has 7 nitrogen and oxygen atoms in total. The van der Waals surface area contributed by atoms with Crippen LogP contribution in [0.25, 0.3) is 0 Å². The molecule has 0 aliphatic heterocycles. The molecule has 7 heteroatoms. The smallest absolute Gasteiger partial charge is 0.303 e. The van der Waals surface area contributed by atoms with Crippen LogP contribution in [0.1, 0.15) is 38.5 Å². The molecule has 0 saturated heterocycles. The van der Waals surface area contributed by atoms with Gasteiger partial charge in [0, 0.05) is 37.5 Å². The highest BCUT2D eigenvalue weighted by Crippen LogP contribution is 2.36. The maximum absolute atomic E-state index is 12.2. The number of hydrogen-bond donors (Lipinski definition) is 4. The number of carbonyl (C=O) groups is 2. The van der Waals surface area contributed by atoms with E-state index in [9.17, 15) is 24.9 Å². The van der Waals surface area contributed by atoms with E-state index in [0.717, 1.165) is 0 Å². The van der Waals surface area contributed by atoms with Gasteiger partial charge in [-0.1, -0.05) is 30.4 Å². The van der Waals surface area contributed by atoms with Gasteiger partial charge in [0.05, 0.1) is 12.2 Å². The van der Waals surface area contributed by atoms with Crippen molar-refractivity contribution in [2.75, 3.05) is 6.61 Å². The molecule has 29 heavy (non-hydrogen) atoms. The van der Waals surface area contributed by atoms with E-state index in [1.165, 1.54) is 6.08 Å². The van der Waals surface area contributed by atoms with Crippen LogP contribution in [0.4, 0.5) is 0 Å². The Balaban J connectivity index is 1.83. The van der Waals surface area contributed by atoms with Gasteiger partial charge in [-0.3, -0.25) is 9.59 Å². The third-order valence-electron chi connectivity index (χ3n) is 5.19. The molecule has 0 aromatic heterocycles. The minimum absolute atomic E-state index is 0.0341. The maximum Gasteiger partial charge on any atom is 0.303 e. The molecule has 0 heterocycles. The summed E-state index contributed by atoms with van der Waals surface area (Å²) >= 11 is 0. The van der Waals surface area contributed by atoms with E-state index in [4.69, 9.17) is 9.84 Å². The molecule has 1 fully saturated rings. The monoisotopic (exact) mass is 406 g/mol. The number of Topliss-reactive ketones (excluding diaryl/α,β-unsaturated/α-hetero) is 1. The van der Waals surface area contributed by atoms with Crippen LogP contribution in [0.2, 0.25) is 0 Å². The van der Waals surface area contributed by atoms with Crippen molar-refractivity contribution in [1.29, 1.82) is 0 Å². The van der Waals surface area contributed by atoms with Crippen LogP contribution in [0, 0.1) is 11.8 Å². The van der Waals surface area contributed by atoms with Crippen LogP contribution >= 0.6 is 0 Å². The van der Waals surface area contributed by atoms with Crippen molar-refractivity contribution in [3.05, 3.63) is 42.5 Å². The fourth-order valence-corrected chi connectivity index (χ4v) is 3.64. The van der Waals surface area contributed by atoms with Crippen molar-refractivity contribution in [2.45, 2.75) is 56.8 Å². The summed E-state index contributed by atoms with van der Waals surface area (Å²) in [5, 5.41) is 39.2. The Morgan fingerprint density at radius 3 is 2.48 bits per heavy atom. The Bertz CT molecular complexity index is 673. The quantitative estimate of drug-likeness (QED) is 0.309. The van der Waals surface area contributed by atoms with Crippen molar-refractivity contribution in [3.63, 3.8) is 0 Å². The van der Waals surface area contributed by atoms with Crippen molar-refractivity contribution in [2.24, 2.45) is 11.8 Å². The Morgan fingerprint density at radius 1 is 1.10 bits per heavy atom. The molecular weight excluding hydrogens is 376 g/mol. The van der Waals surface area contributed by atoms with Gasteiger partial charge < -0.3 is 25.2 Å².